The number of benzene rings is 12. The minimum absolute atomic E-state index is 1.16. The van der Waals surface area contributed by atoms with E-state index in [1.54, 1.807) is 0 Å². The van der Waals surface area contributed by atoms with Crippen LogP contribution in [0.4, 0.5) is 17.1 Å². The first-order chi connectivity index (χ1) is 32.2. The van der Waals surface area contributed by atoms with E-state index in [1.807, 2.05) is 0 Å². The second-order valence-electron chi connectivity index (χ2n) is 17.2. The van der Waals surface area contributed by atoms with Gasteiger partial charge >= 0.3 is 0 Å². The summed E-state index contributed by atoms with van der Waals surface area (Å²) in [5.74, 6) is 0. The summed E-state index contributed by atoms with van der Waals surface area (Å²) in [5, 5.41) is 9.95. The number of para-hydroxylation sites is 2. The lowest BCUT2D eigenvalue weighted by atomic mass is 9.84. The smallest absolute Gasteiger partial charge is 0.0552 e. The van der Waals surface area contributed by atoms with Crippen LogP contribution in [-0.4, -0.2) is 0 Å². The minimum Gasteiger partial charge on any atom is -0.309 e. The number of rotatable bonds is 6. The van der Waals surface area contributed by atoms with E-state index >= 15 is 0 Å². The van der Waals surface area contributed by atoms with E-state index in [9.17, 15) is 0 Å². The molecular weight excluding hydrogens is 783 g/mol. The summed E-state index contributed by atoms with van der Waals surface area (Å²) in [6.07, 6.45) is 0. The van der Waals surface area contributed by atoms with Crippen molar-refractivity contribution < 1.29 is 0 Å². The number of hydrogen-bond donors (Lipinski definition) is 0. The molecule has 302 valence electrons. The monoisotopic (exact) mass is 823 g/mol. The Kier molecular flexibility index (Phi) is 8.60. The molecule has 0 saturated heterocycles. The van der Waals surface area contributed by atoms with Crippen LogP contribution in [0.1, 0.15) is 0 Å². The maximum absolute atomic E-state index is 2.43. The third kappa shape index (κ3) is 6.16. The van der Waals surface area contributed by atoms with E-state index in [2.05, 4.69) is 254 Å². The fraction of sp³-hybridized carbons (Fsp3) is 0. The highest BCUT2D eigenvalue weighted by atomic mass is 15.2. The number of hydrogen-bond acceptors (Lipinski definition) is 1. The predicted octanol–water partition coefficient (Wildman–Crippen LogP) is 18.1. The van der Waals surface area contributed by atoms with Gasteiger partial charge < -0.3 is 4.90 Å². The summed E-state index contributed by atoms with van der Waals surface area (Å²) < 4.78 is 0. The third-order valence-corrected chi connectivity index (χ3v) is 13.5. The topological polar surface area (TPSA) is 3.24 Å². The van der Waals surface area contributed by atoms with Gasteiger partial charge in [0.15, 0.2) is 0 Å². The lowest BCUT2D eigenvalue weighted by molar-refractivity contribution is 1.28. The molecule has 0 aliphatic carbocycles. The van der Waals surface area contributed by atoms with Crippen molar-refractivity contribution in [1.82, 2.24) is 0 Å². The SMILES string of the molecule is c1ccc(-c2cc(-c3ccccc3)cc(-c3c4ccccc4c(-c4ccc5cc(-c6cc7c8c(cccc8c6)-c6ccccc6N7c6ccccc6)ccc5c4)c4ccccc34)c2)cc1. The van der Waals surface area contributed by atoms with E-state index in [4.69, 9.17) is 0 Å². The minimum atomic E-state index is 1.16. The second-order valence-corrected chi connectivity index (χ2v) is 17.2. The molecular formula is C64H41N. The van der Waals surface area contributed by atoms with Gasteiger partial charge in [0, 0.05) is 16.6 Å². The molecule has 1 heteroatoms. The molecule has 0 spiro atoms. The Labute approximate surface area is 378 Å². The molecule has 0 saturated carbocycles. The zero-order valence-corrected chi connectivity index (χ0v) is 35.6. The molecule has 12 aromatic rings. The molecule has 1 aliphatic rings. The zero-order chi connectivity index (χ0) is 42.8. The second kappa shape index (κ2) is 15.1. The van der Waals surface area contributed by atoms with E-state index < -0.39 is 0 Å². The van der Waals surface area contributed by atoms with Crippen LogP contribution in [0, 0.1) is 0 Å². The Balaban J connectivity index is 0.958. The molecule has 1 aliphatic heterocycles. The predicted molar refractivity (Wildman–Crippen MR) is 277 cm³/mol. The molecule has 1 nitrogen and oxygen atoms in total. The lowest BCUT2D eigenvalue weighted by Gasteiger charge is -2.34. The van der Waals surface area contributed by atoms with Crippen molar-refractivity contribution >= 4 is 60.2 Å². The van der Waals surface area contributed by atoms with Crippen LogP contribution < -0.4 is 4.90 Å². The van der Waals surface area contributed by atoms with E-state index in [0.717, 1.165) is 5.69 Å². The van der Waals surface area contributed by atoms with Crippen LogP contribution in [-0.2, 0) is 0 Å². The van der Waals surface area contributed by atoms with Gasteiger partial charge in [-0.3, -0.25) is 0 Å². The van der Waals surface area contributed by atoms with Gasteiger partial charge in [-0.15, -0.1) is 0 Å². The van der Waals surface area contributed by atoms with Crippen molar-refractivity contribution in [1.29, 1.82) is 0 Å². The van der Waals surface area contributed by atoms with Crippen LogP contribution in [0.3, 0.4) is 0 Å². The summed E-state index contributed by atoms with van der Waals surface area (Å²) in [6, 6.07) is 91.6. The van der Waals surface area contributed by atoms with Gasteiger partial charge in [-0.1, -0.05) is 188 Å². The summed E-state index contributed by atoms with van der Waals surface area (Å²) in [7, 11) is 0. The van der Waals surface area contributed by atoms with Crippen LogP contribution in [0.25, 0.3) is 110 Å². The van der Waals surface area contributed by atoms with Crippen LogP contribution >= 0.6 is 0 Å². The maximum atomic E-state index is 2.43. The molecule has 13 rings (SSSR count). The van der Waals surface area contributed by atoms with Crippen molar-refractivity contribution in [2.45, 2.75) is 0 Å². The molecule has 0 radical (unpaired) electrons. The summed E-state index contributed by atoms with van der Waals surface area (Å²) >= 11 is 0. The lowest BCUT2D eigenvalue weighted by Crippen LogP contribution is -2.15. The first kappa shape index (κ1) is 37.1. The standard InChI is InChI=1S/C64H41N/c1-4-17-42(18-5-1)49-38-50(43-19-6-2-7-20-43)40-52(39-49)63-58-27-12-10-25-56(58)62(57-26-11-13-28-59(57)63)48-34-33-44-35-46(32-31-45(44)36-48)51-37-47-21-16-29-55-54-24-14-15-30-60(54)65(61(41-51)64(47)55)53-22-8-3-9-23-53/h1-41H. The molecule has 0 atom stereocenters. The Hall–Kier alpha value is -8.52. The van der Waals surface area contributed by atoms with E-state index in [-0.39, 0.29) is 0 Å². The maximum Gasteiger partial charge on any atom is 0.0552 e. The van der Waals surface area contributed by atoms with Gasteiger partial charge in [0.1, 0.15) is 0 Å². The average Bonchev–Trinajstić information content (AvgIpc) is 3.38. The van der Waals surface area contributed by atoms with Crippen molar-refractivity contribution in [2.75, 3.05) is 4.90 Å². The normalized spacial score (nSPS) is 12.0. The third-order valence-electron chi connectivity index (χ3n) is 13.5. The van der Waals surface area contributed by atoms with Gasteiger partial charge in [0.05, 0.1) is 11.4 Å². The fourth-order valence-electron chi connectivity index (χ4n) is 10.6. The first-order valence-corrected chi connectivity index (χ1v) is 22.5. The molecule has 12 aromatic carbocycles. The van der Waals surface area contributed by atoms with Gasteiger partial charge in [0.2, 0.25) is 0 Å². The Morgan fingerprint density at radius 3 is 1.32 bits per heavy atom. The summed E-state index contributed by atoms with van der Waals surface area (Å²) in [5.41, 5.74) is 18.3. The van der Waals surface area contributed by atoms with Gasteiger partial charge in [-0.25, -0.2) is 0 Å². The van der Waals surface area contributed by atoms with Crippen molar-refractivity contribution in [3.05, 3.63) is 249 Å². The van der Waals surface area contributed by atoms with Gasteiger partial charge in [-0.05, 0) is 160 Å². The van der Waals surface area contributed by atoms with Gasteiger partial charge in [0.25, 0.3) is 0 Å². The molecule has 65 heavy (non-hydrogen) atoms. The molecule has 0 amide bonds. The Bertz CT molecular complexity index is 3700. The molecule has 0 fully saturated rings. The van der Waals surface area contributed by atoms with Crippen molar-refractivity contribution in [2.24, 2.45) is 0 Å². The van der Waals surface area contributed by atoms with Crippen LogP contribution in [0.2, 0.25) is 0 Å². The van der Waals surface area contributed by atoms with Crippen LogP contribution in [0.15, 0.2) is 249 Å². The molecule has 0 aromatic heterocycles. The Morgan fingerprint density at radius 2 is 0.692 bits per heavy atom. The zero-order valence-electron chi connectivity index (χ0n) is 35.6. The molecule has 0 bridgehead atoms. The highest BCUT2D eigenvalue weighted by molar-refractivity contribution is 6.22. The number of nitrogens with zero attached hydrogens (tertiary/aromatic N) is 1. The summed E-state index contributed by atoms with van der Waals surface area (Å²) in [6.45, 7) is 0. The summed E-state index contributed by atoms with van der Waals surface area (Å²) in [4.78, 5) is 2.43. The molecule has 1 heterocycles. The first-order valence-electron chi connectivity index (χ1n) is 22.5. The Morgan fingerprint density at radius 1 is 0.231 bits per heavy atom. The number of anilines is 3. The molecule has 0 N–H and O–H groups in total. The average molecular weight is 824 g/mol. The highest BCUT2D eigenvalue weighted by Crippen LogP contribution is 2.52. The van der Waals surface area contributed by atoms with Gasteiger partial charge in [-0.2, -0.15) is 0 Å². The van der Waals surface area contributed by atoms with Crippen molar-refractivity contribution in [3.63, 3.8) is 0 Å². The quantitative estimate of drug-likeness (QED) is 0.151. The van der Waals surface area contributed by atoms with Crippen molar-refractivity contribution in [3.8, 4) is 66.8 Å². The van der Waals surface area contributed by atoms with E-state index in [0.29, 0.717) is 0 Å². The highest BCUT2D eigenvalue weighted by Gasteiger charge is 2.26. The largest absolute Gasteiger partial charge is 0.309 e. The van der Waals surface area contributed by atoms with E-state index in [1.165, 1.54) is 121 Å². The number of fused-ring (bicyclic) bond motifs is 5. The van der Waals surface area contributed by atoms with Crippen LogP contribution in [0.5, 0.6) is 0 Å². The molecule has 0 unspecified atom stereocenters. The fourth-order valence-corrected chi connectivity index (χ4v) is 10.6.